The number of amides is 1. The van der Waals surface area contributed by atoms with E-state index < -0.39 is 5.97 Å². The van der Waals surface area contributed by atoms with Crippen LogP contribution in [0.3, 0.4) is 0 Å². The lowest BCUT2D eigenvalue weighted by Gasteiger charge is -2.34. The number of ether oxygens (including phenoxy) is 1. The van der Waals surface area contributed by atoms with E-state index in [9.17, 15) is 14.7 Å². The van der Waals surface area contributed by atoms with Gasteiger partial charge in [0, 0.05) is 29.5 Å². The zero-order chi connectivity index (χ0) is 24.7. The highest BCUT2D eigenvalue weighted by atomic mass is 16.5. The molecule has 3 atom stereocenters. The number of aromatic nitrogens is 4. The molecule has 0 bridgehead atoms. The maximum atomic E-state index is 12.6. The molecule has 0 radical (unpaired) electrons. The van der Waals surface area contributed by atoms with Crippen molar-refractivity contribution in [3.8, 4) is 0 Å². The molecule has 1 saturated carbocycles. The van der Waals surface area contributed by atoms with Gasteiger partial charge in [-0.15, -0.1) is 0 Å². The van der Waals surface area contributed by atoms with E-state index in [1.165, 1.54) is 7.11 Å². The van der Waals surface area contributed by atoms with Gasteiger partial charge in [-0.2, -0.15) is 0 Å². The first-order valence-corrected chi connectivity index (χ1v) is 12.3. The number of aryl methyl sites for hydroxylation is 2. The molecule has 2 aromatic heterocycles. The van der Waals surface area contributed by atoms with Gasteiger partial charge in [-0.1, -0.05) is 6.42 Å². The van der Waals surface area contributed by atoms with Crippen LogP contribution in [0.15, 0.2) is 24.4 Å². The summed E-state index contributed by atoms with van der Waals surface area (Å²) in [6.45, 7) is 3.96. The third kappa shape index (κ3) is 4.24. The van der Waals surface area contributed by atoms with E-state index in [2.05, 4.69) is 14.5 Å². The number of rotatable bonds is 4. The lowest BCUT2D eigenvalue weighted by atomic mass is 9.85. The fourth-order valence-electron chi connectivity index (χ4n) is 5.71. The summed E-state index contributed by atoms with van der Waals surface area (Å²) in [6, 6.07) is 5.92. The Labute approximate surface area is 204 Å². The van der Waals surface area contributed by atoms with Gasteiger partial charge in [0.15, 0.2) is 0 Å². The lowest BCUT2D eigenvalue weighted by Crippen LogP contribution is -2.42. The van der Waals surface area contributed by atoms with Crippen molar-refractivity contribution in [3.63, 3.8) is 0 Å². The maximum Gasteiger partial charge on any atom is 0.414 e. The van der Waals surface area contributed by atoms with Gasteiger partial charge in [0.25, 0.3) is 0 Å². The van der Waals surface area contributed by atoms with E-state index in [1.807, 2.05) is 32.0 Å². The van der Waals surface area contributed by atoms with Gasteiger partial charge in [-0.25, -0.2) is 19.7 Å². The molecule has 0 saturated heterocycles. The Morgan fingerprint density at radius 1 is 1.17 bits per heavy atom. The first-order valence-electron chi connectivity index (χ1n) is 12.3. The molecule has 3 heterocycles. The molecule has 1 amide bonds. The van der Waals surface area contributed by atoms with Crippen molar-refractivity contribution >= 4 is 28.8 Å². The largest absolute Gasteiger partial charge is 0.481 e. The minimum Gasteiger partial charge on any atom is -0.481 e. The summed E-state index contributed by atoms with van der Waals surface area (Å²) >= 11 is 0. The Morgan fingerprint density at radius 2 is 2.00 bits per heavy atom. The second kappa shape index (κ2) is 9.28. The Bertz CT molecular complexity index is 1290. The van der Waals surface area contributed by atoms with E-state index in [-0.39, 0.29) is 24.1 Å². The summed E-state index contributed by atoms with van der Waals surface area (Å²) in [5.41, 5.74) is 4.59. The second-order valence-electron chi connectivity index (χ2n) is 9.70. The average Bonchev–Trinajstić information content (AvgIpc) is 3.21. The lowest BCUT2D eigenvalue weighted by molar-refractivity contribution is -0.143. The summed E-state index contributed by atoms with van der Waals surface area (Å²) in [5.74, 6) is 0.425. The summed E-state index contributed by atoms with van der Waals surface area (Å²) in [7, 11) is 1.40. The number of methoxy groups -OCH3 is 1. The fraction of sp³-hybridized carbons (Fsp3) is 0.500. The van der Waals surface area contributed by atoms with Crippen molar-refractivity contribution in [3.05, 3.63) is 47.3 Å². The summed E-state index contributed by atoms with van der Waals surface area (Å²) in [6.07, 6.45) is 6.50. The van der Waals surface area contributed by atoms with Crippen LogP contribution in [0.5, 0.6) is 0 Å². The Hall–Kier alpha value is -3.49. The fourth-order valence-corrected chi connectivity index (χ4v) is 5.71. The number of nitrogens with zero attached hydrogens (tertiary/aromatic N) is 5. The molecule has 1 fully saturated rings. The SMILES string of the molecule is COC(=O)N1c2ccc3c(nc(Cc4nccc(C)n4)n3[C@@H]3CCC[C@@H](C(=O)O)C3)c2CCC1C. The van der Waals surface area contributed by atoms with Gasteiger partial charge in [0.1, 0.15) is 11.6 Å². The normalized spacial score (nSPS) is 22.1. The highest BCUT2D eigenvalue weighted by molar-refractivity contribution is 5.95. The summed E-state index contributed by atoms with van der Waals surface area (Å²) < 4.78 is 7.29. The molecule has 35 heavy (non-hydrogen) atoms. The molecule has 1 aromatic carbocycles. The molecule has 9 heteroatoms. The number of anilines is 1. The van der Waals surface area contributed by atoms with Crippen molar-refractivity contribution < 1.29 is 19.4 Å². The van der Waals surface area contributed by atoms with Gasteiger partial charge >= 0.3 is 12.1 Å². The molecule has 2 aliphatic rings. The van der Waals surface area contributed by atoms with Crippen LogP contribution >= 0.6 is 0 Å². The van der Waals surface area contributed by atoms with E-state index in [0.29, 0.717) is 25.1 Å². The maximum absolute atomic E-state index is 12.6. The van der Waals surface area contributed by atoms with Gasteiger partial charge in [-0.05, 0) is 64.2 Å². The number of fused-ring (bicyclic) bond motifs is 3. The molecule has 184 valence electrons. The van der Waals surface area contributed by atoms with E-state index >= 15 is 0 Å². The standard InChI is InChI=1S/C26H31N5O4/c1-15-11-12-27-22(28-15)14-23-29-24-19-8-7-16(2)30(26(34)35-3)20(19)9-10-21(24)31(23)18-6-4-5-17(13-18)25(32)33/h9-12,16-18H,4-8,13-14H2,1-3H3,(H,32,33)/t16?,17-,18-/m1/s1. The second-order valence-corrected chi connectivity index (χ2v) is 9.70. The van der Waals surface area contributed by atoms with Crippen LogP contribution in [-0.4, -0.2) is 49.8 Å². The topological polar surface area (TPSA) is 110 Å². The van der Waals surface area contributed by atoms with Crippen molar-refractivity contribution in [2.24, 2.45) is 5.92 Å². The highest BCUT2D eigenvalue weighted by Crippen LogP contribution is 2.40. The van der Waals surface area contributed by atoms with Gasteiger partial charge in [0.05, 0.1) is 36.2 Å². The zero-order valence-corrected chi connectivity index (χ0v) is 20.4. The van der Waals surface area contributed by atoms with Crippen molar-refractivity contribution in [1.82, 2.24) is 19.5 Å². The molecule has 1 unspecified atom stereocenters. The first-order chi connectivity index (χ1) is 16.9. The molecule has 9 nitrogen and oxygen atoms in total. The predicted molar refractivity (Wildman–Crippen MR) is 131 cm³/mol. The number of carbonyl (C=O) groups is 2. The molecule has 5 rings (SSSR count). The third-order valence-corrected chi connectivity index (χ3v) is 7.42. The monoisotopic (exact) mass is 477 g/mol. The molecule has 0 spiro atoms. The number of hydrogen-bond acceptors (Lipinski definition) is 6. The smallest absolute Gasteiger partial charge is 0.414 e. The minimum atomic E-state index is -0.734. The first kappa shape index (κ1) is 23.3. The number of carbonyl (C=O) groups excluding carboxylic acids is 1. The Morgan fingerprint density at radius 3 is 2.74 bits per heavy atom. The molecule has 1 N–H and O–H groups in total. The van der Waals surface area contributed by atoms with Crippen LogP contribution in [0.2, 0.25) is 0 Å². The van der Waals surface area contributed by atoms with E-state index in [4.69, 9.17) is 9.72 Å². The van der Waals surface area contributed by atoms with Crippen LogP contribution in [0.1, 0.15) is 68.0 Å². The third-order valence-electron chi connectivity index (χ3n) is 7.42. The number of aliphatic carboxylic acids is 1. The number of benzene rings is 1. The Kier molecular flexibility index (Phi) is 6.17. The molecular formula is C26H31N5O4. The zero-order valence-electron chi connectivity index (χ0n) is 20.4. The average molecular weight is 478 g/mol. The highest BCUT2D eigenvalue weighted by Gasteiger charge is 2.34. The number of hydrogen-bond donors (Lipinski definition) is 1. The van der Waals surface area contributed by atoms with Crippen LogP contribution in [0.25, 0.3) is 11.0 Å². The number of imidazole rings is 1. The Balaban J connectivity index is 1.66. The summed E-state index contributed by atoms with van der Waals surface area (Å²) in [4.78, 5) is 40.2. The van der Waals surface area contributed by atoms with Crippen LogP contribution < -0.4 is 4.90 Å². The molecule has 3 aromatic rings. The van der Waals surface area contributed by atoms with Crippen LogP contribution in [-0.2, 0) is 22.4 Å². The van der Waals surface area contributed by atoms with Gasteiger partial charge in [0.2, 0.25) is 0 Å². The molecular weight excluding hydrogens is 446 g/mol. The number of carboxylic acid groups (broad SMARTS) is 1. The van der Waals surface area contributed by atoms with Crippen molar-refractivity contribution in [2.75, 3.05) is 12.0 Å². The van der Waals surface area contributed by atoms with E-state index in [0.717, 1.165) is 59.5 Å². The van der Waals surface area contributed by atoms with Crippen LogP contribution in [0, 0.1) is 12.8 Å². The molecule has 1 aliphatic carbocycles. The molecule has 1 aliphatic heterocycles. The minimum absolute atomic E-state index is 0.0318. The predicted octanol–water partition coefficient (Wildman–Crippen LogP) is 4.45. The quantitative estimate of drug-likeness (QED) is 0.591. The van der Waals surface area contributed by atoms with Crippen LogP contribution in [0.4, 0.5) is 10.5 Å². The van der Waals surface area contributed by atoms with Gasteiger partial charge < -0.3 is 14.4 Å². The van der Waals surface area contributed by atoms with E-state index in [1.54, 1.807) is 11.1 Å². The van der Waals surface area contributed by atoms with Gasteiger partial charge in [-0.3, -0.25) is 9.69 Å². The summed E-state index contributed by atoms with van der Waals surface area (Å²) in [5, 5.41) is 9.70. The van der Waals surface area contributed by atoms with Crippen molar-refractivity contribution in [1.29, 1.82) is 0 Å². The number of carboxylic acids is 1. The van der Waals surface area contributed by atoms with Crippen molar-refractivity contribution in [2.45, 2.75) is 70.9 Å².